The number of fused-ring (bicyclic) bond motifs is 1. The van der Waals surface area contributed by atoms with Crippen LogP contribution in [-0.2, 0) is 6.42 Å². The van der Waals surface area contributed by atoms with Crippen molar-refractivity contribution in [1.29, 1.82) is 0 Å². The van der Waals surface area contributed by atoms with Gasteiger partial charge in [-0.3, -0.25) is 9.78 Å². The standard InChI is InChI=1S/C20H19N5OS/c21-12-14(11-13-3-7-22-8-4-13)25-20(26)18-2-1-17(27-18)15-5-9-23-19-16(15)6-10-24-19/h1-10,14H,11-12,21H2,(H,23,24)(H,25,26)/t14-/m0/s1. The molecule has 0 saturated carbocycles. The molecule has 0 aliphatic heterocycles. The van der Waals surface area contributed by atoms with E-state index < -0.39 is 0 Å². The minimum Gasteiger partial charge on any atom is -0.347 e. The summed E-state index contributed by atoms with van der Waals surface area (Å²) in [6.07, 6.45) is 7.80. The van der Waals surface area contributed by atoms with E-state index in [0.717, 1.165) is 27.0 Å². The lowest BCUT2D eigenvalue weighted by atomic mass is 10.1. The maximum Gasteiger partial charge on any atom is 0.261 e. The van der Waals surface area contributed by atoms with E-state index >= 15 is 0 Å². The summed E-state index contributed by atoms with van der Waals surface area (Å²) in [5.41, 5.74) is 8.86. The van der Waals surface area contributed by atoms with Gasteiger partial charge in [0, 0.05) is 53.2 Å². The highest BCUT2D eigenvalue weighted by Crippen LogP contribution is 2.32. The number of H-pyrrole nitrogens is 1. The van der Waals surface area contributed by atoms with Crippen LogP contribution in [0.3, 0.4) is 0 Å². The Labute approximate surface area is 160 Å². The third-order valence-corrected chi connectivity index (χ3v) is 5.52. The molecule has 0 radical (unpaired) electrons. The van der Waals surface area contributed by atoms with Crippen LogP contribution in [0.2, 0.25) is 0 Å². The lowest BCUT2D eigenvalue weighted by molar-refractivity contribution is 0.0942. The highest BCUT2D eigenvalue weighted by molar-refractivity contribution is 7.17. The molecule has 0 spiro atoms. The van der Waals surface area contributed by atoms with Crippen molar-refractivity contribution < 1.29 is 4.79 Å². The number of nitrogens with two attached hydrogens (primary N) is 1. The molecule has 27 heavy (non-hydrogen) atoms. The molecule has 136 valence electrons. The summed E-state index contributed by atoms with van der Waals surface area (Å²) in [7, 11) is 0. The molecule has 1 amide bonds. The van der Waals surface area contributed by atoms with Gasteiger partial charge in [0.2, 0.25) is 0 Å². The quantitative estimate of drug-likeness (QED) is 0.481. The van der Waals surface area contributed by atoms with E-state index in [1.807, 2.05) is 42.6 Å². The summed E-state index contributed by atoms with van der Waals surface area (Å²) in [5.74, 6) is -0.102. The lowest BCUT2D eigenvalue weighted by Gasteiger charge is -2.16. The van der Waals surface area contributed by atoms with Crippen LogP contribution >= 0.6 is 11.3 Å². The number of hydrogen-bond acceptors (Lipinski definition) is 5. The molecule has 4 rings (SSSR count). The zero-order valence-corrected chi connectivity index (χ0v) is 15.4. The molecule has 0 aromatic carbocycles. The lowest BCUT2D eigenvalue weighted by Crippen LogP contribution is -2.41. The van der Waals surface area contributed by atoms with Crippen LogP contribution in [0.25, 0.3) is 21.5 Å². The van der Waals surface area contributed by atoms with Gasteiger partial charge in [0.15, 0.2) is 0 Å². The number of hydrogen-bond donors (Lipinski definition) is 3. The SMILES string of the molecule is NC[C@H](Cc1ccncc1)NC(=O)c1ccc(-c2ccnc3[nH]ccc23)s1. The molecular formula is C20H19N5OS. The van der Waals surface area contributed by atoms with E-state index in [9.17, 15) is 4.79 Å². The maximum absolute atomic E-state index is 12.7. The van der Waals surface area contributed by atoms with Gasteiger partial charge in [-0.2, -0.15) is 0 Å². The summed E-state index contributed by atoms with van der Waals surface area (Å²) in [4.78, 5) is 25.8. The van der Waals surface area contributed by atoms with Crippen molar-refractivity contribution in [2.24, 2.45) is 5.73 Å². The Morgan fingerprint density at radius 2 is 2.00 bits per heavy atom. The van der Waals surface area contributed by atoms with E-state index in [0.29, 0.717) is 17.8 Å². The molecule has 7 heteroatoms. The molecule has 0 fully saturated rings. The Balaban J connectivity index is 1.51. The van der Waals surface area contributed by atoms with Crippen LogP contribution in [0.15, 0.2) is 61.2 Å². The van der Waals surface area contributed by atoms with Crippen LogP contribution in [0.4, 0.5) is 0 Å². The molecule has 0 saturated heterocycles. The van der Waals surface area contributed by atoms with Gasteiger partial charge in [0.1, 0.15) is 5.65 Å². The first-order valence-corrected chi connectivity index (χ1v) is 9.48. The summed E-state index contributed by atoms with van der Waals surface area (Å²) in [6.45, 7) is 0.376. The van der Waals surface area contributed by atoms with Crippen molar-refractivity contribution in [3.63, 3.8) is 0 Å². The molecule has 4 N–H and O–H groups in total. The first-order chi connectivity index (χ1) is 13.2. The van der Waals surface area contributed by atoms with Crippen LogP contribution in [0, 0.1) is 0 Å². The molecule has 4 aromatic heterocycles. The van der Waals surface area contributed by atoms with Crippen LogP contribution in [0.5, 0.6) is 0 Å². The Morgan fingerprint density at radius 3 is 2.81 bits per heavy atom. The van der Waals surface area contributed by atoms with E-state index in [1.165, 1.54) is 11.3 Å². The maximum atomic E-state index is 12.7. The van der Waals surface area contributed by atoms with Crippen LogP contribution in [-0.4, -0.2) is 33.4 Å². The van der Waals surface area contributed by atoms with Crippen molar-refractivity contribution in [2.75, 3.05) is 6.54 Å². The van der Waals surface area contributed by atoms with E-state index in [4.69, 9.17) is 5.73 Å². The largest absolute Gasteiger partial charge is 0.347 e. The number of nitrogens with zero attached hydrogens (tertiary/aromatic N) is 2. The van der Waals surface area contributed by atoms with Gasteiger partial charge in [0.05, 0.1) is 4.88 Å². The van der Waals surface area contributed by atoms with E-state index in [1.54, 1.807) is 18.6 Å². The predicted octanol–water partition coefficient (Wildman–Crippen LogP) is 2.99. The Bertz CT molecular complexity index is 1060. The molecule has 4 heterocycles. The number of aromatic amines is 1. The minimum absolute atomic E-state index is 0.102. The zero-order chi connectivity index (χ0) is 18.6. The van der Waals surface area contributed by atoms with Crippen LogP contribution < -0.4 is 11.1 Å². The third kappa shape index (κ3) is 3.74. The summed E-state index contributed by atoms with van der Waals surface area (Å²) in [6, 6.07) is 11.5. The van der Waals surface area contributed by atoms with Gasteiger partial charge < -0.3 is 16.0 Å². The van der Waals surface area contributed by atoms with Gasteiger partial charge in [-0.1, -0.05) is 0 Å². The smallest absolute Gasteiger partial charge is 0.261 e. The number of nitrogens with one attached hydrogen (secondary N) is 2. The third-order valence-electron chi connectivity index (χ3n) is 4.41. The van der Waals surface area contributed by atoms with Gasteiger partial charge in [0.25, 0.3) is 5.91 Å². The number of aromatic nitrogens is 3. The number of amides is 1. The average molecular weight is 377 g/mol. The first-order valence-electron chi connectivity index (χ1n) is 8.66. The van der Waals surface area contributed by atoms with Crippen molar-refractivity contribution in [1.82, 2.24) is 20.3 Å². The fraction of sp³-hybridized carbons (Fsp3) is 0.150. The average Bonchev–Trinajstić information content (AvgIpc) is 3.37. The van der Waals surface area contributed by atoms with Crippen molar-refractivity contribution in [2.45, 2.75) is 12.5 Å². The minimum atomic E-state index is -0.122. The fourth-order valence-electron chi connectivity index (χ4n) is 3.03. The highest BCUT2D eigenvalue weighted by Gasteiger charge is 2.16. The molecule has 4 aromatic rings. The monoisotopic (exact) mass is 377 g/mol. The second kappa shape index (κ2) is 7.69. The molecule has 6 nitrogen and oxygen atoms in total. The second-order valence-corrected chi connectivity index (χ2v) is 7.31. The topological polar surface area (TPSA) is 96.7 Å². The summed E-state index contributed by atoms with van der Waals surface area (Å²) in [5, 5.41) is 4.08. The van der Waals surface area contributed by atoms with Crippen molar-refractivity contribution in [3.05, 3.63) is 71.6 Å². The number of carbonyl (C=O) groups excluding carboxylic acids is 1. The predicted molar refractivity (Wildman–Crippen MR) is 108 cm³/mol. The van der Waals surface area contributed by atoms with Gasteiger partial charge in [-0.15, -0.1) is 11.3 Å². The van der Waals surface area contributed by atoms with Gasteiger partial charge in [-0.05, 0) is 48.4 Å². The summed E-state index contributed by atoms with van der Waals surface area (Å²) >= 11 is 1.47. The number of thiophene rings is 1. The molecule has 0 unspecified atom stereocenters. The molecule has 1 atom stereocenters. The fourth-order valence-corrected chi connectivity index (χ4v) is 3.98. The van der Waals surface area contributed by atoms with Gasteiger partial charge in [-0.25, -0.2) is 4.98 Å². The van der Waals surface area contributed by atoms with E-state index in [2.05, 4.69) is 20.3 Å². The number of rotatable bonds is 6. The first kappa shape index (κ1) is 17.4. The highest BCUT2D eigenvalue weighted by atomic mass is 32.1. The Kier molecular flexibility index (Phi) is 4.95. The summed E-state index contributed by atoms with van der Waals surface area (Å²) < 4.78 is 0. The van der Waals surface area contributed by atoms with Crippen molar-refractivity contribution >= 4 is 28.3 Å². The Morgan fingerprint density at radius 1 is 1.15 bits per heavy atom. The Hall–Kier alpha value is -3.03. The van der Waals surface area contributed by atoms with Crippen molar-refractivity contribution in [3.8, 4) is 10.4 Å². The molecule has 0 aliphatic carbocycles. The van der Waals surface area contributed by atoms with E-state index in [-0.39, 0.29) is 11.9 Å². The van der Waals surface area contributed by atoms with Gasteiger partial charge >= 0.3 is 0 Å². The zero-order valence-electron chi connectivity index (χ0n) is 14.6. The number of pyridine rings is 2. The molecular weight excluding hydrogens is 358 g/mol. The van der Waals surface area contributed by atoms with Crippen LogP contribution in [0.1, 0.15) is 15.2 Å². The number of carbonyl (C=O) groups is 1. The molecule has 0 aliphatic rings. The second-order valence-electron chi connectivity index (χ2n) is 6.23. The molecule has 0 bridgehead atoms. The normalized spacial score (nSPS) is 12.2.